The fourth-order valence-corrected chi connectivity index (χ4v) is 7.80. The van der Waals surface area contributed by atoms with Crippen LogP contribution in [0, 0.1) is 11.3 Å². The van der Waals surface area contributed by atoms with E-state index in [1.54, 1.807) is 42.5 Å². The number of nitrogens with zero attached hydrogens (tertiary/aromatic N) is 3. The molecule has 0 aliphatic carbocycles. The maximum atomic E-state index is 13.6. The third kappa shape index (κ3) is 3.21. The van der Waals surface area contributed by atoms with Crippen molar-refractivity contribution in [2.75, 3.05) is 16.6 Å². The van der Waals surface area contributed by atoms with E-state index in [1.807, 2.05) is 23.9 Å². The van der Waals surface area contributed by atoms with E-state index in [0.29, 0.717) is 10.4 Å². The molecular formula is C22H17N3O4S3. The Hall–Kier alpha value is -3.13. The first-order valence-corrected chi connectivity index (χ1v) is 13.6. The maximum Gasteiger partial charge on any atom is 0.264 e. The van der Waals surface area contributed by atoms with E-state index < -0.39 is 19.9 Å². The fraction of sp³-hybridized carbons (Fsp3) is 0.136. The lowest BCUT2D eigenvalue weighted by molar-refractivity contribution is 0.584. The van der Waals surface area contributed by atoms with E-state index in [0.717, 1.165) is 15.8 Å². The SMILES string of the molecule is Cn1ccc2cc(S(=O)(=O)N3CCS(=O)(=O)c4ccc(-c5ccc(C#N)s5)cc43)ccc21. The van der Waals surface area contributed by atoms with Gasteiger partial charge in [-0.2, -0.15) is 5.26 Å². The smallest absolute Gasteiger partial charge is 0.264 e. The van der Waals surface area contributed by atoms with Crippen molar-refractivity contribution in [3.8, 4) is 16.5 Å². The van der Waals surface area contributed by atoms with Gasteiger partial charge in [-0.3, -0.25) is 4.31 Å². The lowest BCUT2D eigenvalue weighted by Gasteiger charge is -2.30. The van der Waals surface area contributed by atoms with Crippen LogP contribution >= 0.6 is 11.3 Å². The Balaban J connectivity index is 1.66. The fourth-order valence-electron chi connectivity index (χ4n) is 3.91. The second kappa shape index (κ2) is 7.20. The minimum atomic E-state index is -4.00. The Morgan fingerprint density at radius 1 is 1.06 bits per heavy atom. The van der Waals surface area contributed by atoms with Crippen LogP contribution in [0.5, 0.6) is 0 Å². The van der Waals surface area contributed by atoms with Crippen molar-refractivity contribution in [3.63, 3.8) is 0 Å². The monoisotopic (exact) mass is 483 g/mol. The molecule has 0 amide bonds. The van der Waals surface area contributed by atoms with Gasteiger partial charge in [0.05, 0.1) is 21.2 Å². The highest BCUT2D eigenvalue weighted by Gasteiger charge is 2.36. The van der Waals surface area contributed by atoms with Crippen LogP contribution in [0.25, 0.3) is 21.3 Å². The number of fused-ring (bicyclic) bond motifs is 2. The van der Waals surface area contributed by atoms with Crippen LogP contribution in [0.1, 0.15) is 4.88 Å². The molecule has 10 heteroatoms. The number of aromatic nitrogens is 1. The maximum absolute atomic E-state index is 13.6. The zero-order chi connectivity index (χ0) is 22.7. The molecule has 0 fully saturated rings. The van der Waals surface area contributed by atoms with Crippen LogP contribution in [0.2, 0.25) is 0 Å². The predicted molar refractivity (Wildman–Crippen MR) is 124 cm³/mol. The molecule has 0 radical (unpaired) electrons. The van der Waals surface area contributed by atoms with Crippen molar-refractivity contribution >= 4 is 47.8 Å². The molecule has 1 aliphatic heterocycles. The number of nitriles is 1. The van der Waals surface area contributed by atoms with Gasteiger partial charge in [0.2, 0.25) is 0 Å². The van der Waals surface area contributed by atoms with Gasteiger partial charge in [-0.05, 0) is 54.1 Å². The molecule has 0 saturated heterocycles. The standard InChI is InChI=1S/C22H17N3O4S3/c1-24-9-8-15-12-18(4-5-19(15)24)32(28,29)25-10-11-31(26,27)22-7-2-16(13-20(22)25)21-6-3-17(14-23)30-21/h2-9,12-13H,10-11H2,1H3. The Morgan fingerprint density at radius 3 is 2.62 bits per heavy atom. The molecule has 0 bridgehead atoms. The highest BCUT2D eigenvalue weighted by Crippen LogP contribution is 2.39. The average molecular weight is 484 g/mol. The van der Waals surface area contributed by atoms with Gasteiger partial charge in [-0.1, -0.05) is 6.07 Å². The lowest BCUT2D eigenvalue weighted by Crippen LogP contribution is -2.39. The normalized spacial score (nSPS) is 15.4. The molecule has 5 rings (SSSR count). The molecule has 2 aromatic carbocycles. The lowest BCUT2D eigenvalue weighted by atomic mass is 10.1. The third-order valence-corrected chi connectivity index (χ3v) is 10.2. The number of aryl methyl sites for hydroxylation is 1. The van der Waals surface area contributed by atoms with Gasteiger partial charge in [-0.15, -0.1) is 11.3 Å². The van der Waals surface area contributed by atoms with Crippen molar-refractivity contribution in [1.29, 1.82) is 5.26 Å². The van der Waals surface area contributed by atoms with Gasteiger partial charge < -0.3 is 4.57 Å². The van der Waals surface area contributed by atoms with Crippen LogP contribution in [-0.4, -0.2) is 33.7 Å². The number of hydrogen-bond acceptors (Lipinski definition) is 6. The Morgan fingerprint density at radius 2 is 1.88 bits per heavy atom. The summed E-state index contributed by atoms with van der Waals surface area (Å²) in [6.45, 7) is -0.165. The van der Waals surface area contributed by atoms with E-state index in [2.05, 4.69) is 6.07 Å². The molecule has 4 aromatic rings. The van der Waals surface area contributed by atoms with Crippen LogP contribution < -0.4 is 4.31 Å². The average Bonchev–Trinajstić information content (AvgIpc) is 3.40. The molecule has 0 N–H and O–H groups in total. The highest BCUT2D eigenvalue weighted by molar-refractivity contribution is 7.94. The molecular weight excluding hydrogens is 466 g/mol. The topological polar surface area (TPSA) is 100 Å². The number of sulfone groups is 1. The first-order chi connectivity index (χ1) is 15.2. The van der Waals surface area contributed by atoms with E-state index in [4.69, 9.17) is 5.26 Å². The minimum Gasteiger partial charge on any atom is -0.351 e. The van der Waals surface area contributed by atoms with Gasteiger partial charge in [0, 0.05) is 35.6 Å². The van der Waals surface area contributed by atoms with Crippen LogP contribution in [0.4, 0.5) is 5.69 Å². The van der Waals surface area contributed by atoms with Gasteiger partial charge in [0.1, 0.15) is 10.9 Å². The van der Waals surface area contributed by atoms with Gasteiger partial charge in [0.25, 0.3) is 10.0 Å². The first-order valence-electron chi connectivity index (χ1n) is 9.66. The second-order valence-electron chi connectivity index (χ2n) is 7.50. The third-order valence-electron chi connectivity index (χ3n) is 5.57. The summed E-state index contributed by atoms with van der Waals surface area (Å²) in [5, 5.41) is 9.89. The van der Waals surface area contributed by atoms with Crippen LogP contribution in [0.3, 0.4) is 0 Å². The summed E-state index contributed by atoms with van der Waals surface area (Å²) in [7, 11) is -5.72. The molecule has 1 aliphatic rings. The molecule has 0 unspecified atom stereocenters. The number of benzene rings is 2. The summed E-state index contributed by atoms with van der Waals surface area (Å²) in [5.41, 5.74) is 1.69. The van der Waals surface area contributed by atoms with Crippen LogP contribution in [-0.2, 0) is 26.9 Å². The molecule has 0 spiro atoms. The van der Waals surface area contributed by atoms with Gasteiger partial charge in [-0.25, -0.2) is 16.8 Å². The molecule has 162 valence electrons. The van der Waals surface area contributed by atoms with Crippen molar-refractivity contribution in [2.45, 2.75) is 9.79 Å². The summed E-state index contributed by atoms with van der Waals surface area (Å²) < 4.78 is 55.6. The van der Waals surface area contributed by atoms with E-state index in [1.165, 1.54) is 21.7 Å². The summed E-state index contributed by atoms with van der Waals surface area (Å²) in [6.07, 6.45) is 1.85. The Labute approximate surface area is 189 Å². The molecule has 7 nitrogen and oxygen atoms in total. The summed E-state index contributed by atoms with van der Waals surface area (Å²) in [5.74, 6) is -0.288. The molecule has 32 heavy (non-hydrogen) atoms. The number of rotatable bonds is 3. The second-order valence-corrected chi connectivity index (χ2v) is 12.5. The zero-order valence-electron chi connectivity index (χ0n) is 16.9. The first kappa shape index (κ1) is 20.8. The van der Waals surface area contributed by atoms with Gasteiger partial charge >= 0.3 is 0 Å². The number of sulfonamides is 1. The molecule has 3 heterocycles. The molecule has 0 saturated carbocycles. The Kier molecular flexibility index (Phi) is 4.67. The number of thiophene rings is 1. The minimum absolute atomic E-state index is 0.00562. The van der Waals surface area contributed by atoms with Crippen molar-refractivity contribution in [2.24, 2.45) is 7.05 Å². The quantitative estimate of drug-likeness (QED) is 0.442. The molecule has 0 atom stereocenters. The summed E-state index contributed by atoms with van der Waals surface area (Å²) >= 11 is 1.26. The highest BCUT2D eigenvalue weighted by atomic mass is 32.2. The Bertz CT molecular complexity index is 1640. The zero-order valence-corrected chi connectivity index (χ0v) is 19.3. The van der Waals surface area contributed by atoms with Crippen molar-refractivity contribution < 1.29 is 16.8 Å². The predicted octanol–water partition coefficient (Wildman–Crippen LogP) is 3.76. The van der Waals surface area contributed by atoms with E-state index >= 15 is 0 Å². The van der Waals surface area contributed by atoms with Crippen molar-refractivity contribution in [1.82, 2.24) is 4.57 Å². The van der Waals surface area contributed by atoms with E-state index in [9.17, 15) is 16.8 Å². The number of anilines is 1. The van der Waals surface area contributed by atoms with Crippen molar-refractivity contribution in [3.05, 3.63) is 65.7 Å². The van der Waals surface area contributed by atoms with Gasteiger partial charge in [0.15, 0.2) is 9.84 Å². The summed E-state index contributed by atoms with van der Waals surface area (Å²) in [4.78, 5) is 1.38. The number of hydrogen-bond donors (Lipinski definition) is 0. The van der Waals surface area contributed by atoms with E-state index in [-0.39, 0.29) is 27.8 Å². The summed E-state index contributed by atoms with van der Waals surface area (Å²) in [6, 6.07) is 16.9. The largest absolute Gasteiger partial charge is 0.351 e. The molecule has 2 aromatic heterocycles. The van der Waals surface area contributed by atoms with Crippen LogP contribution in [0.15, 0.2) is 70.6 Å².